The molecule has 0 unspecified atom stereocenters. The van der Waals surface area contributed by atoms with Gasteiger partial charge in [0.1, 0.15) is 23.2 Å². The molecule has 0 aromatic heterocycles. The van der Waals surface area contributed by atoms with Gasteiger partial charge < -0.3 is 55.9 Å². The van der Waals surface area contributed by atoms with E-state index < -0.39 is 129 Å². The Morgan fingerprint density at radius 2 is 1.56 bits per heavy atom. The monoisotopic (exact) mass is 826 g/mol. The second-order valence-electron chi connectivity index (χ2n) is 13.0. The second kappa shape index (κ2) is 15.7. The number of aromatic carboxylic acids is 1. The molecule has 2 fully saturated rings. The number of hydrogen-bond donors (Lipinski definition) is 8. The van der Waals surface area contributed by atoms with Crippen LogP contribution in [0.2, 0.25) is 5.02 Å². The highest BCUT2D eigenvalue weighted by molar-refractivity contribution is 6.47. The number of anilines is 1. The highest BCUT2D eigenvalue weighted by Crippen LogP contribution is 2.41. The van der Waals surface area contributed by atoms with Crippen molar-refractivity contribution in [3.63, 3.8) is 0 Å². The van der Waals surface area contributed by atoms with Gasteiger partial charge in [0.05, 0.1) is 16.7 Å². The largest absolute Gasteiger partial charge is 0.547 e. The van der Waals surface area contributed by atoms with Gasteiger partial charge in [-0.3, -0.25) is 4.79 Å². The number of nitrogens with one attached hydrogen (secondary N) is 3. The molecule has 3 aromatic rings. The average Bonchev–Trinajstić information content (AvgIpc) is 3.56. The number of likely N-dealkylation sites (tertiary alicyclic amines) is 1. The summed E-state index contributed by atoms with van der Waals surface area (Å²) in [5.74, 6) is -16.6. The van der Waals surface area contributed by atoms with Crippen LogP contribution < -0.4 is 20.6 Å². The molecule has 0 saturated carbocycles. The number of carbonyl (C=O) groups is 5. The summed E-state index contributed by atoms with van der Waals surface area (Å²) in [6.45, 7) is -0.309. The third kappa shape index (κ3) is 7.66. The van der Waals surface area contributed by atoms with Gasteiger partial charge in [-0.15, -0.1) is 0 Å². The summed E-state index contributed by atoms with van der Waals surface area (Å²) in [5.41, 5.74) is -2.23. The molecule has 17 nitrogen and oxygen atoms in total. The van der Waals surface area contributed by atoms with Crippen LogP contribution in [0.5, 0.6) is 23.0 Å². The zero-order valence-corrected chi connectivity index (χ0v) is 29.6. The van der Waals surface area contributed by atoms with E-state index in [9.17, 15) is 71.4 Å². The zero-order chi connectivity index (χ0) is 41.6. The number of amides is 7. The predicted octanol–water partition coefficient (Wildman–Crippen LogP) is 3.17. The number of carbonyl (C=O) groups excluding carboxylic acids is 4. The summed E-state index contributed by atoms with van der Waals surface area (Å²) in [6.07, 6.45) is -0.0532. The summed E-state index contributed by atoms with van der Waals surface area (Å²) in [6, 6.07) is -2.70. The van der Waals surface area contributed by atoms with Gasteiger partial charge in [-0.2, -0.15) is 4.39 Å². The average molecular weight is 827 g/mol. The van der Waals surface area contributed by atoms with Gasteiger partial charge in [0.15, 0.2) is 34.7 Å². The summed E-state index contributed by atoms with van der Waals surface area (Å²) in [5, 5.41) is 55.4. The molecule has 0 spiro atoms. The molecule has 0 radical (unpaired) electrons. The molecule has 2 saturated heterocycles. The quantitative estimate of drug-likeness (QED) is 0.0745. The maximum absolute atomic E-state index is 14.7. The predicted molar refractivity (Wildman–Crippen MR) is 184 cm³/mol. The fraction of sp³-hybridized carbons (Fsp3) is 0.303. The van der Waals surface area contributed by atoms with Crippen LogP contribution in [0.1, 0.15) is 40.4 Å². The van der Waals surface area contributed by atoms with Gasteiger partial charge in [0.2, 0.25) is 11.7 Å². The Kier molecular flexibility index (Phi) is 11.2. The van der Waals surface area contributed by atoms with Gasteiger partial charge in [-0.25, -0.2) is 41.6 Å². The van der Waals surface area contributed by atoms with E-state index in [4.69, 9.17) is 16.3 Å². The minimum Gasteiger partial charge on any atom is -0.534 e. The molecular weight excluding hydrogens is 798 g/mol. The van der Waals surface area contributed by atoms with Crippen molar-refractivity contribution in [1.29, 1.82) is 0 Å². The van der Waals surface area contributed by atoms with E-state index in [-0.39, 0.29) is 51.0 Å². The highest BCUT2D eigenvalue weighted by atomic mass is 35.5. The minimum atomic E-state index is -2.03. The van der Waals surface area contributed by atoms with Crippen molar-refractivity contribution in [2.75, 3.05) is 31.5 Å². The van der Waals surface area contributed by atoms with Gasteiger partial charge in [-0.05, 0) is 37.0 Å². The van der Waals surface area contributed by atoms with Crippen LogP contribution in [0, 0.1) is 29.1 Å². The number of nitrogens with zero attached hydrogens (tertiary/aromatic N) is 3. The van der Waals surface area contributed by atoms with E-state index in [2.05, 4.69) is 16.0 Å². The van der Waals surface area contributed by atoms with Gasteiger partial charge in [0.25, 0.3) is 0 Å². The van der Waals surface area contributed by atoms with Crippen molar-refractivity contribution < 1.29 is 76.0 Å². The van der Waals surface area contributed by atoms with E-state index >= 15 is 0 Å². The molecule has 0 bridgehead atoms. The molecule has 24 heteroatoms. The smallest absolute Gasteiger partial charge is 0.534 e. The number of halogens is 6. The van der Waals surface area contributed by atoms with Gasteiger partial charge in [-0.1, -0.05) is 17.7 Å². The molecule has 3 heterocycles. The first-order valence-electron chi connectivity index (χ1n) is 16.8. The number of piperidine rings is 1. The maximum atomic E-state index is 14.7. The number of phenols is 3. The summed E-state index contributed by atoms with van der Waals surface area (Å²) in [7, 11) is -1.98. The number of benzene rings is 3. The molecule has 7 amide bonds. The lowest BCUT2D eigenvalue weighted by molar-refractivity contribution is -0.123. The molecule has 3 aromatic carbocycles. The van der Waals surface area contributed by atoms with Gasteiger partial charge in [0, 0.05) is 43.9 Å². The van der Waals surface area contributed by atoms with Crippen molar-refractivity contribution in [3.05, 3.63) is 75.1 Å². The maximum Gasteiger partial charge on any atom is 0.547 e. The van der Waals surface area contributed by atoms with Crippen LogP contribution in [-0.4, -0.2) is 115 Å². The molecule has 6 rings (SSSR count). The number of phenolic OH excluding ortho intramolecular Hbond substituents is 3. The van der Waals surface area contributed by atoms with E-state index in [1.807, 2.05) is 0 Å². The Bertz CT molecular complexity index is 2200. The van der Waals surface area contributed by atoms with Crippen LogP contribution in [-0.2, 0) is 11.2 Å². The zero-order valence-electron chi connectivity index (χ0n) is 28.9. The van der Waals surface area contributed by atoms with Crippen LogP contribution in [0.4, 0.5) is 42.0 Å². The van der Waals surface area contributed by atoms with E-state index in [1.54, 1.807) is 0 Å². The number of aromatic hydroxyl groups is 3. The first-order chi connectivity index (χ1) is 26.9. The van der Waals surface area contributed by atoms with Crippen molar-refractivity contribution in [2.45, 2.75) is 37.3 Å². The highest BCUT2D eigenvalue weighted by Gasteiger charge is 2.43. The van der Waals surface area contributed by atoms with Crippen molar-refractivity contribution in [3.8, 4) is 23.0 Å². The molecule has 8 N–H and O–H groups in total. The Balaban J connectivity index is 1.14. The Morgan fingerprint density at radius 1 is 0.877 bits per heavy atom. The Morgan fingerprint density at radius 3 is 2.23 bits per heavy atom. The van der Waals surface area contributed by atoms with E-state index in [0.29, 0.717) is 17.0 Å². The third-order valence-corrected chi connectivity index (χ3v) is 10.0. The lowest BCUT2D eigenvalue weighted by Crippen LogP contribution is -2.56. The fourth-order valence-corrected chi connectivity index (χ4v) is 6.93. The number of imide groups is 1. The normalized spacial score (nSPS) is 17.5. The molecule has 302 valence electrons. The molecule has 0 aliphatic carbocycles. The molecule has 3 aliphatic rings. The van der Waals surface area contributed by atoms with Crippen LogP contribution in [0.15, 0.2) is 24.3 Å². The molecule has 2 atom stereocenters. The summed E-state index contributed by atoms with van der Waals surface area (Å²) in [4.78, 5) is 68.4. The summed E-state index contributed by atoms with van der Waals surface area (Å²) >= 11 is 6.16. The SMILES string of the molecule is O=C(O)c1c(F)ccc2c1OB(O)[C@@H](NC(=O)[C@@H](NC(=O)N1CCN(C3CCN(C(=O)Nc4cc(F)c(F)c(O)c4F)CC3)C1=O)c1cc(F)c(O)c(O)c1Cl)C2. The first kappa shape index (κ1) is 40.4. The van der Waals surface area contributed by atoms with E-state index in [1.165, 1.54) is 9.80 Å². The lowest BCUT2D eigenvalue weighted by atomic mass is 9.72. The standard InChI is InChI=1S/C33H29BClF5N6O11/c35-21-14(10-17(38)25(47)26(21)48)24(29(50)42-19-9-12-1-2-15(36)20(30(51)52)28(12)57-34(19)56)43-32(54)46-8-7-45(33(46)55)13-3-5-44(6-4-13)31(53)41-18-11-16(37)22(39)27(49)23(18)40/h1-2,10-11,13,19,24,47-49,56H,3-9H2,(H,41,53)(H,42,50)(H,43,54)(H,51,52)/t19-,24-/m0/s1. The lowest BCUT2D eigenvalue weighted by Gasteiger charge is -2.36. The number of carboxylic acid groups (broad SMARTS) is 1. The fourth-order valence-electron chi connectivity index (χ4n) is 6.68. The number of carboxylic acids is 1. The van der Waals surface area contributed by atoms with Crippen molar-refractivity contribution in [2.24, 2.45) is 0 Å². The Labute approximate surface area is 322 Å². The molecule has 3 aliphatic heterocycles. The van der Waals surface area contributed by atoms with Crippen molar-refractivity contribution >= 4 is 54.4 Å². The number of hydrogen-bond acceptors (Lipinski definition) is 10. The first-order valence-corrected chi connectivity index (χ1v) is 17.2. The van der Waals surface area contributed by atoms with Crippen LogP contribution >= 0.6 is 11.6 Å². The van der Waals surface area contributed by atoms with E-state index in [0.717, 1.165) is 12.1 Å². The van der Waals surface area contributed by atoms with Gasteiger partial charge >= 0.3 is 31.2 Å². The van der Waals surface area contributed by atoms with Crippen LogP contribution in [0.3, 0.4) is 0 Å². The van der Waals surface area contributed by atoms with Crippen molar-refractivity contribution in [1.82, 2.24) is 25.3 Å². The Hall–Kier alpha value is -6.23. The number of fused-ring (bicyclic) bond motifs is 1. The van der Waals surface area contributed by atoms with Crippen LogP contribution in [0.25, 0.3) is 0 Å². The minimum absolute atomic E-state index is 0.0197. The molecular formula is C33H29BClF5N6O11. The number of urea groups is 3. The number of rotatable bonds is 7. The topological polar surface area (TPSA) is 242 Å². The third-order valence-electron chi connectivity index (χ3n) is 9.64. The second-order valence-corrected chi connectivity index (χ2v) is 13.4. The summed E-state index contributed by atoms with van der Waals surface area (Å²) < 4.78 is 75.5. The molecule has 57 heavy (non-hydrogen) atoms.